The van der Waals surface area contributed by atoms with Gasteiger partial charge in [-0.15, -0.1) is 0 Å². The highest BCUT2D eigenvalue weighted by atomic mass is 16.6. The Hall–Kier alpha value is -6.24. The summed E-state index contributed by atoms with van der Waals surface area (Å²) in [6.45, 7) is 17.1. The average Bonchev–Trinajstić information content (AvgIpc) is 3.25. The third-order valence-corrected chi connectivity index (χ3v) is 10.4. The molecule has 0 bridgehead atoms. The van der Waals surface area contributed by atoms with Crippen LogP contribution in [0.25, 0.3) is 0 Å². The van der Waals surface area contributed by atoms with E-state index in [-0.39, 0.29) is 5.92 Å². The Bertz CT molecular complexity index is 1890. The first-order valence-corrected chi connectivity index (χ1v) is 24.2. The minimum absolute atomic E-state index is 0.361. The van der Waals surface area contributed by atoms with Gasteiger partial charge in [0.1, 0.15) is 34.9 Å². The molecule has 0 saturated carbocycles. The minimum Gasteiger partial charge on any atom is -0.444 e. The Morgan fingerprint density at radius 1 is 0.400 bits per heavy atom. The summed E-state index contributed by atoms with van der Waals surface area (Å²) in [5, 5.41) is 16.9. The molecule has 3 rings (SSSR count). The Kier molecular flexibility index (Phi) is 23.1. The third-order valence-electron chi connectivity index (χ3n) is 10.4. The quantitative estimate of drug-likeness (QED) is 0.0237. The van der Waals surface area contributed by atoms with Gasteiger partial charge in [0.2, 0.25) is 17.7 Å². The molecule has 12 N–H and O–H groups in total. The van der Waals surface area contributed by atoms with Crippen molar-refractivity contribution < 1.29 is 43.0 Å². The summed E-state index contributed by atoms with van der Waals surface area (Å²) in [5.74, 6) is -1.61. The number of anilines is 3. The van der Waals surface area contributed by atoms with Gasteiger partial charge in [0.15, 0.2) is 0 Å². The second-order valence-electron chi connectivity index (χ2n) is 20.2. The zero-order valence-corrected chi connectivity index (χ0v) is 42.6. The van der Waals surface area contributed by atoms with Crippen molar-refractivity contribution in [2.75, 3.05) is 35.6 Å². The second-order valence-corrected chi connectivity index (χ2v) is 20.2. The van der Waals surface area contributed by atoms with Gasteiger partial charge in [-0.05, 0) is 193 Å². The van der Waals surface area contributed by atoms with Crippen LogP contribution in [-0.2, 0) is 28.6 Å². The Morgan fingerprint density at radius 3 is 0.829 bits per heavy atom. The van der Waals surface area contributed by atoms with E-state index in [1.54, 1.807) is 98.7 Å². The molecule has 0 radical (unpaired) electrons. The fraction of sp³-hybridized carbons (Fsp3) is 0.538. The molecule has 0 aliphatic carbocycles. The van der Waals surface area contributed by atoms with Crippen molar-refractivity contribution in [2.45, 2.75) is 161 Å². The van der Waals surface area contributed by atoms with Crippen LogP contribution >= 0.6 is 0 Å². The van der Waals surface area contributed by atoms with Crippen LogP contribution in [0.3, 0.4) is 0 Å². The Labute approximate surface area is 414 Å². The van der Waals surface area contributed by atoms with E-state index in [0.29, 0.717) is 94.5 Å². The van der Waals surface area contributed by atoms with E-state index in [9.17, 15) is 28.8 Å². The lowest BCUT2D eigenvalue weighted by atomic mass is 9.85. The summed E-state index contributed by atoms with van der Waals surface area (Å²) in [4.78, 5) is 78.8. The van der Waals surface area contributed by atoms with Gasteiger partial charge in [-0.25, -0.2) is 14.4 Å². The maximum Gasteiger partial charge on any atom is 0.408 e. The van der Waals surface area contributed by atoms with E-state index in [1.807, 2.05) is 36.4 Å². The zero-order chi connectivity index (χ0) is 52.1. The number of carbonyl (C=O) groups is 6. The fourth-order valence-corrected chi connectivity index (χ4v) is 7.18. The maximum atomic E-state index is 13.6. The van der Waals surface area contributed by atoms with Crippen LogP contribution in [-0.4, -0.2) is 90.6 Å². The number of rotatable bonds is 24. The van der Waals surface area contributed by atoms with E-state index in [2.05, 4.69) is 31.9 Å². The molecular formula is C52H79N9O9. The first kappa shape index (κ1) is 58.1. The highest BCUT2D eigenvalue weighted by Crippen LogP contribution is 2.34. The van der Waals surface area contributed by atoms with Crippen LogP contribution in [0.1, 0.15) is 143 Å². The summed E-state index contributed by atoms with van der Waals surface area (Å²) in [6.07, 6.45) is 2.87. The number of amides is 6. The normalized spacial score (nSPS) is 13.0. The smallest absolute Gasteiger partial charge is 0.408 e. The average molecular weight is 974 g/mol. The molecule has 0 unspecified atom stereocenters. The van der Waals surface area contributed by atoms with Crippen LogP contribution in [0.5, 0.6) is 0 Å². The molecule has 0 heterocycles. The molecule has 0 aromatic heterocycles. The van der Waals surface area contributed by atoms with Crippen molar-refractivity contribution in [3.63, 3.8) is 0 Å². The predicted octanol–water partition coefficient (Wildman–Crippen LogP) is 7.75. The van der Waals surface area contributed by atoms with E-state index in [0.717, 1.165) is 16.7 Å². The molecule has 0 spiro atoms. The third kappa shape index (κ3) is 22.0. The molecule has 0 aliphatic rings. The summed E-state index contributed by atoms with van der Waals surface area (Å²) >= 11 is 0. The van der Waals surface area contributed by atoms with Gasteiger partial charge in [-0.3, -0.25) is 14.4 Å². The highest BCUT2D eigenvalue weighted by Gasteiger charge is 2.28. The summed E-state index contributed by atoms with van der Waals surface area (Å²) < 4.78 is 16.3. The maximum absolute atomic E-state index is 13.6. The second kappa shape index (κ2) is 27.8. The summed E-state index contributed by atoms with van der Waals surface area (Å²) in [7, 11) is 0. The number of ether oxygens (including phenoxy) is 3. The van der Waals surface area contributed by atoms with Gasteiger partial charge >= 0.3 is 18.3 Å². The molecule has 18 heteroatoms. The highest BCUT2D eigenvalue weighted by molar-refractivity contribution is 5.98. The van der Waals surface area contributed by atoms with Crippen LogP contribution in [0.4, 0.5) is 31.4 Å². The van der Waals surface area contributed by atoms with Gasteiger partial charge in [-0.1, -0.05) is 36.4 Å². The first-order chi connectivity index (χ1) is 32.9. The lowest BCUT2D eigenvalue weighted by molar-refractivity contribution is -0.119. The molecule has 0 aliphatic heterocycles. The van der Waals surface area contributed by atoms with Crippen LogP contribution in [0.15, 0.2) is 72.8 Å². The topological polar surface area (TPSA) is 280 Å². The SMILES string of the molecule is CC(C)(C)OC(=O)N[C@@H](CCCCN)C(=O)Nc1ccc(C(c2ccc(NC(=O)[C@H](CCCCN)NC(=O)OC(C)(C)C)cc2)c2ccc(NC(=O)[C@H](CCCCN)NC(=O)OC(C)(C)C)cc2)cc1. The van der Waals surface area contributed by atoms with Gasteiger partial charge in [-0.2, -0.15) is 0 Å². The zero-order valence-electron chi connectivity index (χ0n) is 42.6. The number of hydrogen-bond acceptors (Lipinski definition) is 12. The predicted molar refractivity (Wildman–Crippen MR) is 274 cm³/mol. The van der Waals surface area contributed by atoms with E-state index in [4.69, 9.17) is 31.4 Å². The molecular weight excluding hydrogens is 895 g/mol. The van der Waals surface area contributed by atoms with E-state index in [1.165, 1.54) is 0 Å². The van der Waals surface area contributed by atoms with Gasteiger partial charge in [0.25, 0.3) is 0 Å². The fourth-order valence-electron chi connectivity index (χ4n) is 7.18. The molecule has 0 fully saturated rings. The van der Waals surface area contributed by atoms with Crippen LogP contribution < -0.4 is 49.1 Å². The molecule has 3 aromatic carbocycles. The molecule has 18 nitrogen and oxygen atoms in total. The lowest BCUT2D eigenvalue weighted by Crippen LogP contribution is -2.45. The Balaban J connectivity index is 1.97. The molecule has 6 amide bonds. The van der Waals surface area contributed by atoms with E-state index >= 15 is 0 Å². The number of unbranched alkanes of at least 4 members (excludes halogenated alkanes) is 3. The number of benzene rings is 3. The molecule has 3 aromatic rings. The summed E-state index contributed by atoms with van der Waals surface area (Å²) in [6, 6.07) is 19.4. The molecule has 3 atom stereocenters. The number of hydrogen-bond donors (Lipinski definition) is 9. The molecule has 386 valence electrons. The number of nitrogens with two attached hydrogens (primary N) is 3. The minimum atomic E-state index is -0.865. The van der Waals surface area contributed by atoms with E-state index < -0.39 is 70.9 Å². The van der Waals surface area contributed by atoms with Crippen molar-refractivity contribution in [1.82, 2.24) is 16.0 Å². The van der Waals surface area contributed by atoms with Crippen LogP contribution in [0.2, 0.25) is 0 Å². The van der Waals surface area contributed by atoms with Gasteiger partial charge < -0.3 is 63.3 Å². The standard InChI is InChI=1S/C52H79N9O9/c1-50(2,3)68-47(65)59-40(16-10-13-31-53)44(62)56-37-25-19-34(20-26-37)43(35-21-27-38(28-22-35)57-45(63)41(17-11-14-32-54)60-48(66)69-51(4,5)6)36-23-29-39(30-24-36)58-46(64)42(18-12-15-33-55)61-49(67)70-52(7,8)9/h19-30,40-43H,10-18,31-33,53-55H2,1-9H3,(H,56,62)(H,57,63)(H,58,64)(H,59,65)(H,60,66)(H,61,67)/t40-,41-,42-/m0/s1. The van der Waals surface area contributed by atoms with Crippen molar-refractivity contribution in [1.29, 1.82) is 0 Å². The lowest BCUT2D eigenvalue weighted by Gasteiger charge is -2.24. The summed E-state index contributed by atoms with van der Waals surface area (Å²) in [5.41, 5.74) is 18.9. The van der Waals surface area contributed by atoms with Crippen LogP contribution in [0, 0.1) is 0 Å². The van der Waals surface area contributed by atoms with Gasteiger partial charge in [0, 0.05) is 23.0 Å². The Morgan fingerprint density at radius 2 is 0.629 bits per heavy atom. The van der Waals surface area contributed by atoms with Crippen molar-refractivity contribution in [2.24, 2.45) is 17.2 Å². The number of nitrogens with one attached hydrogen (secondary N) is 6. The van der Waals surface area contributed by atoms with Crippen molar-refractivity contribution in [3.05, 3.63) is 89.5 Å². The largest absolute Gasteiger partial charge is 0.444 e. The van der Waals surface area contributed by atoms with Crippen molar-refractivity contribution in [3.8, 4) is 0 Å². The molecule has 70 heavy (non-hydrogen) atoms. The first-order valence-electron chi connectivity index (χ1n) is 24.2. The number of alkyl carbamates (subject to hydrolysis) is 3. The molecule has 0 saturated heterocycles. The monoisotopic (exact) mass is 974 g/mol. The van der Waals surface area contributed by atoms with Gasteiger partial charge in [0.05, 0.1) is 0 Å². The van der Waals surface area contributed by atoms with Crippen molar-refractivity contribution >= 4 is 53.1 Å². The number of carbonyl (C=O) groups excluding carboxylic acids is 6.